The SMILES string of the molecule is Cc1nn(C(C)(C)C)c2nc(C(C)C)cc(C(=O)Nc3cc([N+](=O)[O-])ccc3F)c12. The molecule has 9 heteroatoms. The van der Waals surface area contributed by atoms with Crippen LogP contribution in [-0.4, -0.2) is 25.6 Å². The first-order chi connectivity index (χ1) is 13.9. The standard InChI is InChI=1S/C21H24FN5O3/c1-11(2)16-10-14(18-12(3)25-26(19(18)23-16)21(4,5)6)20(28)24-17-9-13(27(29)30)7-8-15(17)22/h7-11H,1-6H3,(H,24,28). The van der Waals surface area contributed by atoms with Crippen molar-refractivity contribution in [2.75, 3.05) is 5.32 Å². The van der Waals surface area contributed by atoms with E-state index in [-0.39, 0.29) is 22.8 Å². The number of hydrogen-bond donors (Lipinski definition) is 1. The van der Waals surface area contributed by atoms with Gasteiger partial charge in [-0.1, -0.05) is 13.8 Å². The van der Waals surface area contributed by atoms with Gasteiger partial charge in [0.15, 0.2) is 5.65 Å². The number of halogens is 1. The van der Waals surface area contributed by atoms with Crippen LogP contribution in [0.15, 0.2) is 24.3 Å². The van der Waals surface area contributed by atoms with Gasteiger partial charge >= 0.3 is 0 Å². The summed E-state index contributed by atoms with van der Waals surface area (Å²) in [7, 11) is 0. The summed E-state index contributed by atoms with van der Waals surface area (Å²) in [4.78, 5) is 28.2. The number of aryl methyl sites for hydroxylation is 1. The number of hydrogen-bond acceptors (Lipinski definition) is 5. The second kappa shape index (κ2) is 7.47. The van der Waals surface area contributed by atoms with Crippen LogP contribution >= 0.6 is 0 Å². The summed E-state index contributed by atoms with van der Waals surface area (Å²) in [5.74, 6) is -1.30. The van der Waals surface area contributed by atoms with Crippen LogP contribution in [-0.2, 0) is 5.54 Å². The Balaban J connectivity index is 2.18. The Bertz CT molecular complexity index is 1160. The smallest absolute Gasteiger partial charge is 0.271 e. The average Bonchev–Trinajstić information content (AvgIpc) is 2.99. The summed E-state index contributed by atoms with van der Waals surface area (Å²) in [6.45, 7) is 11.7. The van der Waals surface area contributed by atoms with E-state index in [1.165, 1.54) is 0 Å². The van der Waals surface area contributed by atoms with E-state index >= 15 is 0 Å². The molecule has 0 saturated carbocycles. The van der Waals surface area contributed by atoms with E-state index in [2.05, 4.69) is 10.4 Å². The maximum absolute atomic E-state index is 14.2. The fraction of sp³-hybridized carbons (Fsp3) is 0.381. The molecule has 0 aliphatic carbocycles. The lowest BCUT2D eigenvalue weighted by atomic mass is 10.0. The zero-order valence-corrected chi connectivity index (χ0v) is 17.8. The van der Waals surface area contributed by atoms with Crippen molar-refractivity contribution in [2.24, 2.45) is 0 Å². The van der Waals surface area contributed by atoms with Crippen LogP contribution < -0.4 is 5.32 Å². The van der Waals surface area contributed by atoms with Gasteiger partial charge in [-0.15, -0.1) is 0 Å². The van der Waals surface area contributed by atoms with Gasteiger partial charge in [0.2, 0.25) is 0 Å². The first-order valence-electron chi connectivity index (χ1n) is 9.56. The van der Waals surface area contributed by atoms with Crippen LogP contribution in [0.4, 0.5) is 15.8 Å². The largest absolute Gasteiger partial charge is 0.319 e. The Morgan fingerprint density at radius 3 is 2.50 bits per heavy atom. The van der Waals surface area contributed by atoms with Crippen LogP contribution in [0, 0.1) is 22.9 Å². The molecule has 0 bridgehead atoms. The molecular formula is C21H24FN5O3. The lowest BCUT2D eigenvalue weighted by Gasteiger charge is -2.20. The molecule has 0 aliphatic rings. The molecule has 0 radical (unpaired) electrons. The number of carbonyl (C=O) groups excluding carboxylic acids is 1. The minimum absolute atomic E-state index is 0.0409. The van der Waals surface area contributed by atoms with Crippen LogP contribution in [0.5, 0.6) is 0 Å². The Morgan fingerprint density at radius 2 is 1.93 bits per heavy atom. The van der Waals surface area contributed by atoms with Gasteiger partial charge in [-0.05, 0) is 45.7 Å². The maximum atomic E-state index is 14.2. The van der Waals surface area contributed by atoms with Crippen LogP contribution in [0.2, 0.25) is 0 Å². The first kappa shape index (κ1) is 21.4. The molecule has 0 saturated heterocycles. The second-order valence-electron chi connectivity index (χ2n) is 8.49. The molecule has 0 spiro atoms. The number of carbonyl (C=O) groups is 1. The van der Waals surface area contributed by atoms with Crippen molar-refractivity contribution in [3.8, 4) is 0 Å². The highest BCUT2D eigenvalue weighted by molar-refractivity contribution is 6.12. The Hall–Kier alpha value is -3.36. The van der Waals surface area contributed by atoms with E-state index in [0.29, 0.717) is 28.0 Å². The minimum Gasteiger partial charge on any atom is -0.319 e. The van der Waals surface area contributed by atoms with E-state index in [9.17, 15) is 19.3 Å². The minimum atomic E-state index is -0.759. The molecule has 0 fully saturated rings. The number of nitrogens with one attached hydrogen (secondary N) is 1. The predicted molar refractivity (Wildman–Crippen MR) is 112 cm³/mol. The quantitative estimate of drug-likeness (QED) is 0.483. The molecular weight excluding hydrogens is 389 g/mol. The van der Waals surface area contributed by atoms with Gasteiger partial charge in [-0.25, -0.2) is 14.1 Å². The number of aromatic nitrogens is 3. The zero-order valence-electron chi connectivity index (χ0n) is 17.8. The van der Waals surface area contributed by atoms with E-state index < -0.39 is 16.6 Å². The average molecular weight is 413 g/mol. The lowest BCUT2D eigenvalue weighted by Crippen LogP contribution is -2.24. The number of anilines is 1. The van der Waals surface area contributed by atoms with Gasteiger partial charge in [-0.2, -0.15) is 5.10 Å². The third kappa shape index (κ3) is 3.87. The summed E-state index contributed by atoms with van der Waals surface area (Å²) in [6.07, 6.45) is 0. The summed E-state index contributed by atoms with van der Waals surface area (Å²) in [5.41, 5.74) is 1.23. The molecule has 0 atom stereocenters. The normalized spacial score (nSPS) is 11.9. The third-order valence-electron chi connectivity index (χ3n) is 4.71. The van der Waals surface area contributed by atoms with E-state index in [0.717, 1.165) is 18.2 Å². The lowest BCUT2D eigenvalue weighted by molar-refractivity contribution is -0.384. The molecule has 158 valence electrons. The molecule has 0 aliphatic heterocycles. The van der Waals surface area contributed by atoms with Crippen molar-refractivity contribution < 1.29 is 14.1 Å². The summed E-state index contributed by atoms with van der Waals surface area (Å²) >= 11 is 0. The summed E-state index contributed by atoms with van der Waals surface area (Å²) in [6, 6.07) is 4.67. The van der Waals surface area contributed by atoms with Crippen LogP contribution in [0.1, 0.15) is 62.3 Å². The number of nitro benzene ring substituents is 1. The second-order valence-corrected chi connectivity index (χ2v) is 8.49. The fourth-order valence-electron chi connectivity index (χ4n) is 3.16. The number of benzene rings is 1. The molecule has 1 amide bonds. The third-order valence-corrected chi connectivity index (χ3v) is 4.71. The molecule has 8 nitrogen and oxygen atoms in total. The van der Waals surface area contributed by atoms with Gasteiger partial charge in [0, 0.05) is 17.8 Å². The molecule has 3 aromatic rings. The van der Waals surface area contributed by atoms with Crippen molar-refractivity contribution >= 4 is 28.3 Å². The topological polar surface area (TPSA) is 103 Å². The molecule has 30 heavy (non-hydrogen) atoms. The van der Waals surface area contributed by atoms with Gasteiger partial charge in [0.1, 0.15) is 5.82 Å². The predicted octanol–water partition coefficient (Wildman–Crippen LogP) is 4.92. The molecule has 3 rings (SSSR count). The number of nitro groups is 1. The maximum Gasteiger partial charge on any atom is 0.271 e. The van der Waals surface area contributed by atoms with Gasteiger partial charge in [0.05, 0.1) is 32.8 Å². The Morgan fingerprint density at radius 1 is 1.27 bits per heavy atom. The number of pyridine rings is 1. The van der Waals surface area contributed by atoms with Gasteiger partial charge in [0.25, 0.3) is 11.6 Å². The van der Waals surface area contributed by atoms with E-state index in [1.54, 1.807) is 17.7 Å². The Kier molecular flexibility index (Phi) is 5.32. The van der Waals surface area contributed by atoms with E-state index in [1.807, 2.05) is 34.6 Å². The number of non-ortho nitro benzene ring substituents is 1. The van der Waals surface area contributed by atoms with Crippen molar-refractivity contribution in [2.45, 2.75) is 53.0 Å². The number of nitrogens with zero attached hydrogens (tertiary/aromatic N) is 4. The molecule has 2 heterocycles. The van der Waals surface area contributed by atoms with Crippen LogP contribution in [0.3, 0.4) is 0 Å². The molecule has 1 N–H and O–H groups in total. The van der Waals surface area contributed by atoms with Gasteiger partial charge in [-0.3, -0.25) is 14.9 Å². The summed E-state index contributed by atoms with van der Waals surface area (Å²) in [5, 5.41) is 18.6. The molecule has 1 aromatic carbocycles. The van der Waals surface area contributed by atoms with Crippen LogP contribution in [0.25, 0.3) is 11.0 Å². The first-order valence-corrected chi connectivity index (χ1v) is 9.56. The highest BCUT2D eigenvalue weighted by atomic mass is 19.1. The van der Waals surface area contributed by atoms with Gasteiger partial charge < -0.3 is 5.32 Å². The van der Waals surface area contributed by atoms with Crippen molar-refractivity contribution in [1.82, 2.24) is 14.8 Å². The molecule has 0 unspecified atom stereocenters. The van der Waals surface area contributed by atoms with Crippen molar-refractivity contribution in [1.29, 1.82) is 0 Å². The highest BCUT2D eigenvalue weighted by Gasteiger charge is 2.26. The number of rotatable bonds is 4. The zero-order chi connectivity index (χ0) is 22.4. The van der Waals surface area contributed by atoms with Crippen molar-refractivity contribution in [3.05, 3.63) is 57.1 Å². The summed E-state index contributed by atoms with van der Waals surface area (Å²) < 4.78 is 16.0. The van der Waals surface area contributed by atoms with Crippen molar-refractivity contribution in [3.63, 3.8) is 0 Å². The monoisotopic (exact) mass is 413 g/mol. The van der Waals surface area contributed by atoms with E-state index in [4.69, 9.17) is 4.98 Å². The highest BCUT2D eigenvalue weighted by Crippen LogP contribution is 2.30. The fourth-order valence-corrected chi connectivity index (χ4v) is 3.16. The molecule has 2 aromatic heterocycles. The number of fused-ring (bicyclic) bond motifs is 1. The number of amides is 1. The Labute approximate surface area is 173 Å².